The van der Waals surface area contributed by atoms with Crippen LogP contribution in [0, 0.1) is 25.7 Å². The van der Waals surface area contributed by atoms with E-state index >= 15 is 0 Å². The minimum atomic E-state index is 0.0410. The number of rotatable bonds is 4. The van der Waals surface area contributed by atoms with Gasteiger partial charge in [0.15, 0.2) is 0 Å². The van der Waals surface area contributed by atoms with Gasteiger partial charge in [-0.25, -0.2) is 4.68 Å². The molecule has 7 nitrogen and oxygen atoms in total. The molecule has 4 heterocycles. The minimum Gasteiger partial charge on any atom is -0.372 e. The number of nitrogens with zero attached hydrogens (tertiary/aromatic N) is 6. The Balaban J connectivity index is 1.66. The van der Waals surface area contributed by atoms with E-state index in [2.05, 4.69) is 39.6 Å². The molecule has 0 amide bonds. The Hall–Kier alpha value is -2.28. The highest BCUT2D eigenvalue weighted by Crippen LogP contribution is 2.44. The molecule has 4 unspecified atom stereocenters. The molecular weight excluding hydrogens is 340 g/mol. The lowest BCUT2D eigenvalue weighted by Gasteiger charge is -2.37. The summed E-state index contributed by atoms with van der Waals surface area (Å²) in [7, 11) is 3.99. The first-order valence-electron chi connectivity index (χ1n) is 9.68. The Morgan fingerprint density at radius 2 is 2.11 bits per heavy atom. The summed E-state index contributed by atoms with van der Waals surface area (Å²) in [6, 6.07) is 2.12. The smallest absolute Gasteiger partial charge is 0.101 e. The van der Waals surface area contributed by atoms with Gasteiger partial charge in [0.05, 0.1) is 11.4 Å². The normalized spacial score (nSPS) is 26.5. The maximum absolute atomic E-state index is 6.15. The average molecular weight is 368 g/mol. The summed E-state index contributed by atoms with van der Waals surface area (Å²) in [5.74, 6) is 1.29. The number of hydrazone groups is 1. The first kappa shape index (κ1) is 18.1. The van der Waals surface area contributed by atoms with Crippen LogP contribution < -0.4 is 0 Å². The Bertz CT molecular complexity index is 812. The number of hydrogen-bond donors (Lipinski definition) is 0. The quantitative estimate of drug-likeness (QED) is 0.830. The number of aromatic nitrogens is 4. The van der Waals surface area contributed by atoms with Crippen molar-refractivity contribution in [3.8, 4) is 0 Å². The summed E-state index contributed by atoms with van der Waals surface area (Å²) >= 11 is 0. The van der Waals surface area contributed by atoms with Gasteiger partial charge >= 0.3 is 0 Å². The third-order valence-electron chi connectivity index (χ3n) is 6.02. The van der Waals surface area contributed by atoms with Crippen LogP contribution in [0.4, 0.5) is 0 Å². The molecule has 4 atom stereocenters. The van der Waals surface area contributed by atoms with Crippen LogP contribution in [-0.2, 0) is 11.8 Å². The van der Waals surface area contributed by atoms with Gasteiger partial charge in [-0.1, -0.05) is 5.21 Å². The Labute approximate surface area is 160 Å². The maximum atomic E-state index is 6.15. The third kappa shape index (κ3) is 3.48. The average Bonchev–Trinajstić information content (AvgIpc) is 3.22. The van der Waals surface area contributed by atoms with Gasteiger partial charge in [-0.3, -0.25) is 9.99 Å². The molecule has 7 heteroatoms. The summed E-state index contributed by atoms with van der Waals surface area (Å²) in [5, 5.41) is 14.9. The molecule has 1 fully saturated rings. The topological polar surface area (TPSA) is 68.4 Å². The van der Waals surface area contributed by atoms with Crippen molar-refractivity contribution >= 4 is 6.21 Å². The molecule has 0 saturated carbocycles. The van der Waals surface area contributed by atoms with E-state index in [-0.39, 0.29) is 6.10 Å². The standard InChI is InChI=1S/C20H28N6O/c1-13-5-7-21-11-17(13)19(16-10-22-25(3)12-16)15-6-8-27-18(9-15)20-14(2)23-24-26(20)4/h5,7,10-11,15-16,18-19H,6,8-9,12H2,1-4H3. The fourth-order valence-electron chi connectivity index (χ4n) is 4.71. The van der Waals surface area contributed by atoms with Crippen LogP contribution in [0.5, 0.6) is 0 Å². The van der Waals surface area contributed by atoms with E-state index in [0.717, 1.165) is 37.4 Å². The molecule has 0 aliphatic carbocycles. The van der Waals surface area contributed by atoms with Crippen LogP contribution in [0.2, 0.25) is 0 Å². The van der Waals surface area contributed by atoms with Crippen LogP contribution in [0.1, 0.15) is 47.4 Å². The predicted molar refractivity (Wildman–Crippen MR) is 103 cm³/mol. The summed E-state index contributed by atoms with van der Waals surface area (Å²) in [5.41, 5.74) is 4.70. The second-order valence-corrected chi connectivity index (χ2v) is 7.85. The summed E-state index contributed by atoms with van der Waals surface area (Å²) < 4.78 is 8.01. The summed E-state index contributed by atoms with van der Waals surface area (Å²) in [6.45, 7) is 5.91. The molecule has 2 aliphatic heterocycles. The van der Waals surface area contributed by atoms with Crippen molar-refractivity contribution in [1.82, 2.24) is 25.0 Å². The minimum absolute atomic E-state index is 0.0410. The summed E-state index contributed by atoms with van der Waals surface area (Å²) in [6.07, 6.45) is 8.11. The predicted octanol–water partition coefficient (Wildman–Crippen LogP) is 2.63. The lowest BCUT2D eigenvalue weighted by atomic mass is 9.72. The van der Waals surface area contributed by atoms with E-state index in [0.29, 0.717) is 17.8 Å². The largest absolute Gasteiger partial charge is 0.372 e. The van der Waals surface area contributed by atoms with Crippen molar-refractivity contribution in [2.75, 3.05) is 20.2 Å². The maximum Gasteiger partial charge on any atom is 0.101 e. The van der Waals surface area contributed by atoms with Gasteiger partial charge in [0, 0.05) is 51.8 Å². The van der Waals surface area contributed by atoms with Crippen LogP contribution in [-0.4, -0.2) is 51.4 Å². The molecule has 0 spiro atoms. The molecule has 0 radical (unpaired) electrons. The van der Waals surface area contributed by atoms with Gasteiger partial charge in [-0.2, -0.15) is 5.10 Å². The van der Waals surface area contributed by atoms with Crippen molar-refractivity contribution in [2.24, 2.45) is 24.0 Å². The molecule has 27 heavy (non-hydrogen) atoms. The highest BCUT2D eigenvalue weighted by atomic mass is 16.5. The Morgan fingerprint density at radius 1 is 1.26 bits per heavy atom. The van der Waals surface area contributed by atoms with E-state index in [1.54, 1.807) is 0 Å². The first-order chi connectivity index (χ1) is 13.0. The van der Waals surface area contributed by atoms with Crippen molar-refractivity contribution in [3.63, 3.8) is 0 Å². The lowest BCUT2D eigenvalue weighted by molar-refractivity contribution is -0.0236. The van der Waals surface area contributed by atoms with E-state index in [4.69, 9.17) is 4.74 Å². The fourth-order valence-corrected chi connectivity index (χ4v) is 4.71. The molecular formula is C20H28N6O. The lowest BCUT2D eigenvalue weighted by Crippen LogP contribution is -2.32. The van der Waals surface area contributed by atoms with E-state index in [9.17, 15) is 0 Å². The molecule has 2 aromatic heterocycles. The monoisotopic (exact) mass is 368 g/mol. The molecule has 0 aromatic carbocycles. The van der Waals surface area contributed by atoms with E-state index < -0.39 is 0 Å². The number of aryl methyl sites for hydroxylation is 3. The Morgan fingerprint density at radius 3 is 2.78 bits per heavy atom. The zero-order valence-electron chi connectivity index (χ0n) is 16.5. The van der Waals surface area contributed by atoms with Crippen molar-refractivity contribution in [2.45, 2.75) is 38.7 Å². The van der Waals surface area contributed by atoms with Crippen LogP contribution in [0.15, 0.2) is 23.6 Å². The zero-order valence-corrected chi connectivity index (χ0v) is 16.5. The second kappa shape index (κ2) is 7.38. The molecule has 2 aromatic rings. The van der Waals surface area contributed by atoms with Gasteiger partial charge in [0.25, 0.3) is 0 Å². The van der Waals surface area contributed by atoms with E-state index in [1.807, 2.05) is 43.1 Å². The second-order valence-electron chi connectivity index (χ2n) is 7.85. The molecule has 0 N–H and O–H groups in total. The fraction of sp³-hybridized carbons (Fsp3) is 0.600. The van der Waals surface area contributed by atoms with Crippen molar-refractivity contribution in [3.05, 3.63) is 41.0 Å². The highest BCUT2D eigenvalue weighted by Gasteiger charge is 2.38. The summed E-state index contributed by atoms with van der Waals surface area (Å²) in [4.78, 5) is 4.44. The molecule has 0 bridgehead atoms. The van der Waals surface area contributed by atoms with Gasteiger partial charge < -0.3 is 4.74 Å². The van der Waals surface area contributed by atoms with Crippen molar-refractivity contribution < 1.29 is 4.74 Å². The van der Waals surface area contributed by atoms with Gasteiger partial charge in [0.1, 0.15) is 6.10 Å². The van der Waals surface area contributed by atoms with Crippen LogP contribution >= 0.6 is 0 Å². The molecule has 1 saturated heterocycles. The number of hydrogen-bond acceptors (Lipinski definition) is 6. The molecule has 2 aliphatic rings. The molecule has 144 valence electrons. The van der Waals surface area contributed by atoms with Crippen molar-refractivity contribution in [1.29, 1.82) is 0 Å². The van der Waals surface area contributed by atoms with E-state index in [1.165, 1.54) is 11.1 Å². The first-order valence-corrected chi connectivity index (χ1v) is 9.68. The number of pyridine rings is 1. The van der Waals surface area contributed by atoms with Gasteiger partial charge in [-0.05, 0) is 55.7 Å². The van der Waals surface area contributed by atoms with Crippen LogP contribution in [0.3, 0.4) is 0 Å². The zero-order chi connectivity index (χ0) is 19.0. The number of ether oxygens (including phenoxy) is 1. The SMILES string of the molecule is Cc1ccncc1C(C1C=NN(C)C1)C1CCOC(c2c(C)nnn2C)C1. The highest BCUT2D eigenvalue weighted by molar-refractivity contribution is 5.64. The van der Waals surface area contributed by atoms with Gasteiger partial charge in [0.2, 0.25) is 0 Å². The Kier molecular flexibility index (Phi) is 4.95. The van der Waals surface area contributed by atoms with Gasteiger partial charge in [-0.15, -0.1) is 5.10 Å². The van der Waals surface area contributed by atoms with Crippen LogP contribution in [0.25, 0.3) is 0 Å². The molecule has 4 rings (SSSR count). The third-order valence-corrected chi connectivity index (χ3v) is 6.02.